The number of hydrogen-bond donors (Lipinski definition) is 1. The SMILES string of the molecule is CNC(=O)C(C)N(Cc1cccc(C)c1)C(=O)COc1ccc(Br)cc1. The second kappa shape index (κ2) is 9.38. The summed E-state index contributed by atoms with van der Waals surface area (Å²) in [7, 11) is 1.56. The molecule has 138 valence electrons. The van der Waals surface area contributed by atoms with Crippen molar-refractivity contribution < 1.29 is 14.3 Å². The molecular weight excluding hydrogens is 396 g/mol. The molecule has 0 aliphatic heterocycles. The molecule has 1 N–H and O–H groups in total. The number of carbonyl (C=O) groups is 2. The zero-order valence-electron chi connectivity index (χ0n) is 15.2. The predicted molar refractivity (Wildman–Crippen MR) is 105 cm³/mol. The topological polar surface area (TPSA) is 58.6 Å². The Balaban J connectivity index is 2.12. The van der Waals surface area contributed by atoms with Crippen LogP contribution in [0, 0.1) is 6.92 Å². The second-order valence-corrected chi connectivity index (χ2v) is 6.96. The molecular formula is C20H23BrN2O3. The lowest BCUT2D eigenvalue weighted by atomic mass is 10.1. The van der Waals surface area contributed by atoms with Gasteiger partial charge in [0, 0.05) is 18.1 Å². The minimum atomic E-state index is -0.596. The van der Waals surface area contributed by atoms with Crippen LogP contribution in [-0.2, 0) is 16.1 Å². The number of benzene rings is 2. The Morgan fingerprint density at radius 1 is 1.19 bits per heavy atom. The molecule has 0 aliphatic carbocycles. The van der Waals surface area contributed by atoms with Crippen LogP contribution in [0.15, 0.2) is 53.0 Å². The second-order valence-electron chi connectivity index (χ2n) is 6.04. The molecule has 0 saturated carbocycles. The van der Waals surface area contributed by atoms with Gasteiger partial charge in [0.1, 0.15) is 11.8 Å². The first kappa shape index (κ1) is 20.0. The molecule has 2 amide bonds. The summed E-state index contributed by atoms with van der Waals surface area (Å²) in [5, 5.41) is 2.60. The summed E-state index contributed by atoms with van der Waals surface area (Å²) in [5.74, 6) is 0.143. The Morgan fingerprint density at radius 3 is 2.50 bits per heavy atom. The Hall–Kier alpha value is -2.34. The molecule has 1 atom stereocenters. The van der Waals surface area contributed by atoms with Gasteiger partial charge < -0.3 is 15.0 Å². The van der Waals surface area contributed by atoms with Gasteiger partial charge in [-0.25, -0.2) is 0 Å². The molecule has 6 heteroatoms. The van der Waals surface area contributed by atoms with Crippen molar-refractivity contribution in [1.82, 2.24) is 10.2 Å². The van der Waals surface area contributed by atoms with E-state index in [0.29, 0.717) is 12.3 Å². The van der Waals surface area contributed by atoms with E-state index >= 15 is 0 Å². The van der Waals surface area contributed by atoms with Gasteiger partial charge in [0.15, 0.2) is 6.61 Å². The Labute approximate surface area is 162 Å². The minimum absolute atomic E-state index is 0.130. The van der Waals surface area contributed by atoms with E-state index in [1.807, 2.05) is 43.3 Å². The molecule has 0 spiro atoms. The normalized spacial score (nSPS) is 11.5. The number of aryl methyl sites for hydroxylation is 1. The number of likely N-dealkylation sites (N-methyl/N-ethyl adjacent to an activating group) is 1. The van der Waals surface area contributed by atoms with Crippen LogP contribution in [0.4, 0.5) is 0 Å². The van der Waals surface area contributed by atoms with Gasteiger partial charge in [-0.05, 0) is 43.7 Å². The fourth-order valence-electron chi connectivity index (χ4n) is 2.56. The summed E-state index contributed by atoms with van der Waals surface area (Å²) in [5.41, 5.74) is 2.08. The molecule has 26 heavy (non-hydrogen) atoms. The van der Waals surface area contributed by atoms with E-state index in [9.17, 15) is 9.59 Å². The highest BCUT2D eigenvalue weighted by Crippen LogP contribution is 2.17. The van der Waals surface area contributed by atoms with Crippen LogP contribution in [0.25, 0.3) is 0 Å². The van der Waals surface area contributed by atoms with Gasteiger partial charge in [0.25, 0.3) is 5.91 Å². The standard InChI is InChI=1S/C20H23BrN2O3/c1-14-5-4-6-16(11-14)12-23(15(2)20(25)22-3)19(24)13-26-18-9-7-17(21)8-10-18/h4-11,15H,12-13H2,1-3H3,(H,22,25). The van der Waals surface area contributed by atoms with E-state index < -0.39 is 6.04 Å². The highest BCUT2D eigenvalue weighted by Gasteiger charge is 2.25. The Bertz CT molecular complexity index is 762. The first-order valence-electron chi connectivity index (χ1n) is 8.35. The monoisotopic (exact) mass is 418 g/mol. The molecule has 0 radical (unpaired) electrons. The maximum Gasteiger partial charge on any atom is 0.261 e. The number of nitrogens with one attached hydrogen (secondary N) is 1. The third kappa shape index (κ3) is 5.59. The highest BCUT2D eigenvalue weighted by atomic mass is 79.9. The minimum Gasteiger partial charge on any atom is -0.484 e. The number of rotatable bonds is 7. The highest BCUT2D eigenvalue weighted by molar-refractivity contribution is 9.10. The fraction of sp³-hybridized carbons (Fsp3) is 0.300. The lowest BCUT2D eigenvalue weighted by Crippen LogP contribution is -2.48. The smallest absolute Gasteiger partial charge is 0.261 e. The molecule has 0 heterocycles. The van der Waals surface area contributed by atoms with Crippen LogP contribution in [-0.4, -0.2) is 36.4 Å². The number of hydrogen-bond acceptors (Lipinski definition) is 3. The van der Waals surface area contributed by atoms with E-state index in [4.69, 9.17) is 4.74 Å². The van der Waals surface area contributed by atoms with Crippen molar-refractivity contribution in [3.05, 3.63) is 64.1 Å². The molecule has 0 fully saturated rings. The number of carbonyl (C=O) groups excluding carboxylic acids is 2. The van der Waals surface area contributed by atoms with Crippen molar-refractivity contribution in [1.29, 1.82) is 0 Å². The van der Waals surface area contributed by atoms with E-state index in [0.717, 1.165) is 15.6 Å². The average molecular weight is 419 g/mol. The van der Waals surface area contributed by atoms with Crippen molar-refractivity contribution in [2.24, 2.45) is 0 Å². The molecule has 5 nitrogen and oxygen atoms in total. The molecule has 2 aromatic carbocycles. The molecule has 0 aromatic heterocycles. The molecule has 0 aliphatic rings. The zero-order valence-corrected chi connectivity index (χ0v) is 16.7. The number of nitrogens with zero attached hydrogens (tertiary/aromatic N) is 1. The van der Waals surface area contributed by atoms with E-state index in [1.54, 1.807) is 26.1 Å². The lowest BCUT2D eigenvalue weighted by Gasteiger charge is -2.28. The quantitative estimate of drug-likeness (QED) is 0.750. The zero-order chi connectivity index (χ0) is 19.1. The van der Waals surface area contributed by atoms with E-state index in [2.05, 4.69) is 21.2 Å². The van der Waals surface area contributed by atoms with Crippen molar-refractivity contribution in [2.75, 3.05) is 13.7 Å². The van der Waals surface area contributed by atoms with Crippen LogP contribution in [0.5, 0.6) is 5.75 Å². The Kier molecular flexibility index (Phi) is 7.21. The maximum atomic E-state index is 12.7. The summed E-state index contributed by atoms with van der Waals surface area (Å²) in [4.78, 5) is 26.4. The van der Waals surface area contributed by atoms with Crippen LogP contribution in [0.1, 0.15) is 18.1 Å². The average Bonchev–Trinajstić information content (AvgIpc) is 2.64. The van der Waals surface area contributed by atoms with Crippen molar-refractivity contribution in [3.63, 3.8) is 0 Å². The number of halogens is 1. The van der Waals surface area contributed by atoms with Crippen molar-refractivity contribution in [2.45, 2.75) is 26.4 Å². The van der Waals surface area contributed by atoms with Gasteiger partial charge in [-0.3, -0.25) is 9.59 Å². The molecule has 2 rings (SSSR count). The first-order valence-corrected chi connectivity index (χ1v) is 9.15. The van der Waals surface area contributed by atoms with Gasteiger partial charge >= 0.3 is 0 Å². The third-order valence-electron chi connectivity index (χ3n) is 4.03. The summed E-state index contributed by atoms with van der Waals surface area (Å²) in [6, 6.07) is 14.5. The van der Waals surface area contributed by atoms with E-state index in [1.165, 1.54) is 4.90 Å². The van der Waals surface area contributed by atoms with Crippen LogP contribution in [0.3, 0.4) is 0 Å². The van der Waals surface area contributed by atoms with Gasteiger partial charge in [-0.2, -0.15) is 0 Å². The van der Waals surface area contributed by atoms with Crippen LogP contribution in [0.2, 0.25) is 0 Å². The van der Waals surface area contributed by atoms with Crippen LogP contribution < -0.4 is 10.1 Å². The van der Waals surface area contributed by atoms with Gasteiger partial charge in [-0.15, -0.1) is 0 Å². The van der Waals surface area contributed by atoms with Gasteiger partial charge in [0.05, 0.1) is 0 Å². The molecule has 0 bridgehead atoms. The molecule has 0 saturated heterocycles. The number of amides is 2. The maximum absolute atomic E-state index is 12.7. The predicted octanol–water partition coefficient (Wildman–Crippen LogP) is 3.30. The van der Waals surface area contributed by atoms with Gasteiger partial charge in [0.2, 0.25) is 5.91 Å². The van der Waals surface area contributed by atoms with Crippen molar-refractivity contribution >= 4 is 27.7 Å². The Morgan fingerprint density at radius 2 is 1.88 bits per heavy atom. The summed E-state index contributed by atoms with van der Waals surface area (Å²) >= 11 is 3.36. The van der Waals surface area contributed by atoms with Gasteiger partial charge in [-0.1, -0.05) is 45.8 Å². The number of ether oxygens (including phenoxy) is 1. The third-order valence-corrected chi connectivity index (χ3v) is 4.55. The van der Waals surface area contributed by atoms with Crippen molar-refractivity contribution in [3.8, 4) is 5.75 Å². The first-order chi connectivity index (χ1) is 12.4. The summed E-state index contributed by atoms with van der Waals surface area (Å²) in [6.07, 6.45) is 0. The molecule has 2 aromatic rings. The summed E-state index contributed by atoms with van der Waals surface area (Å²) in [6.45, 7) is 3.92. The largest absolute Gasteiger partial charge is 0.484 e. The van der Waals surface area contributed by atoms with E-state index in [-0.39, 0.29) is 18.4 Å². The lowest BCUT2D eigenvalue weighted by molar-refractivity contribution is -0.142. The van der Waals surface area contributed by atoms with Crippen LogP contribution >= 0.6 is 15.9 Å². The molecule has 1 unspecified atom stereocenters. The summed E-state index contributed by atoms with van der Waals surface area (Å²) < 4.78 is 6.52. The fourth-order valence-corrected chi connectivity index (χ4v) is 2.82.